The third kappa shape index (κ3) is 24.0. The number of nitrogens with zero attached hydrogens (tertiary/aromatic N) is 2. The smallest absolute Gasteiger partial charge is 0.0639 e. The fourth-order valence-electron chi connectivity index (χ4n) is 7.74. The summed E-state index contributed by atoms with van der Waals surface area (Å²) >= 11 is 0. The zero-order chi connectivity index (χ0) is 38.2. The van der Waals surface area contributed by atoms with Crippen LogP contribution in [0.2, 0.25) is 0 Å². The third-order valence-corrected chi connectivity index (χ3v) is 11.1. The van der Waals surface area contributed by atoms with Crippen molar-refractivity contribution in [1.82, 2.24) is 0 Å². The maximum absolute atomic E-state index is 5.55. The Morgan fingerprint density at radius 1 is 0.333 bits per heavy atom. The molecule has 0 spiro atoms. The number of unbranched alkanes of at least 4 members (excludes halogenated alkanes) is 20. The van der Waals surface area contributed by atoms with E-state index in [1.54, 1.807) is 0 Å². The second-order valence-corrected chi connectivity index (χ2v) is 16.3. The number of rotatable bonds is 34. The maximum Gasteiger partial charge on any atom is 0.0639 e. The molecule has 54 heavy (non-hydrogen) atoms. The molecule has 0 heterocycles. The van der Waals surface area contributed by atoms with Crippen molar-refractivity contribution < 1.29 is 16.5 Å². The van der Waals surface area contributed by atoms with E-state index in [0.29, 0.717) is 0 Å². The van der Waals surface area contributed by atoms with E-state index in [2.05, 4.69) is 77.9 Å². The van der Waals surface area contributed by atoms with Crippen molar-refractivity contribution in [3.8, 4) is 0 Å². The Balaban J connectivity index is 0.0000146. The van der Waals surface area contributed by atoms with Gasteiger partial charge in [0.2, 0.25) is 0 Å². The number of aryl methyl sites for hydroxylation is 4. The summed E-state index contributed by atoms with van der Waals surface area (Å²) in [6.07, 6.45) is 39.9. The molecule has 0 bridgehead atoms. The van der Waals surface area contributed by atoms with E-state index in [1.807, 2.05) is 0 Å². The van der Waals surface area contributed by atoms with Gasteiger partial charge in [0.25, 0.3) is 0 Å². The van der Waals surface area contributed by atoms with E-state index in [4.69, 9.17) is 9.98 Å². The van der Waals surface area contributed by atoms with Gasteiger partial charge in [0.1, 0.15) is 0 Å². The first-order chi connectivity index (χ1) is 26.1. The molecule has 2 aromatic carbocycles. The topological polar surface area (TPSA) is 24.7 Å². The Bertz CT molecular complexity index is 1190. The summed E-state index contributed by atoms with van der Waals surface area (Å²) in [6, 6.07) is 14.5. The molecule has 3 heteroatoms. The Morgan fingerprint density at radius 3 is 0.926 bits per heavy atom. The van der Waals surface area contributed by atoms with E-state index in [9.17, 15) is 0 Å². The molecule has 0 aliphatic rings. The number of hydrogen-bond donors (Lipinski definition) is 0. The minimum absolute atomic E-state index is 0. The summed E-state index contributed by atoms with van der Waals surface area (Å²) in [5, 5.41) is 0. The maximum atomic E-state index is 5.55. The van der Waals surface area contributed by atoms with Crippen molar-refractivity contribution in [2.75, 3.05) is 0 Å². The van der Waals surface area contributed by atoms with Gasteiger partial charge in [0, 0.05) is 16.5 Å². The van der Waals surface area contributed by atoms with Gasteiger partial charge in [-0.25, -0.2) is 0 Å². The van der Waals surface area contributed by atoms with Crippen LogP contribution in [0.4, 0.5) is 11.4 Å². The molecule has 0 aromatic heterocycles. The quantitative estimate of drug-likeness (QED) is 0.0384. The van der Waals surface area contributed by atoms with Gasteiger partial charge in [-0.3, -0.25) is 9.98 Å². The Hall–Kier alpha value is -1.73. The van der Waals surface area contributed by atoms with E-state index in [1.165, 1.54) is 194 Å². The van der Waals surface area contributed by atoms with Crippen molar-refractivity contribution in [1.29, 1.82) is 0 Å². The van der Waals surface area contributed by atoms with E-state index < -0.39 is 0 Å². The van der Waals surface area contributed by atoms with Gasteiger partial charge in [-0.2, -0.15) is 0 Å². The molecule has 0 N–H and O–H groups in total. The fourth-order valence-corrected chi connectivity index (χ4v) is 7.74. The monoisotopic (exact) mass is 785 g/mol. The number of hydrogen-bond acceptors (Lipinski definition) is 2. The SMILES string of the molecule is CCCCCCCCCCCCCCCC(=Nc1cc(CCCCC)cc(CCCCC)c1)C(CC)=Nc1cc(CCCCC)cc(CCCCC)c1.[Ni]. The van der Waals surface area contributed by atoms with Crippen molar-refractivity contribution in [3.63, 3.8) is 0 Å². The zero-order valence-corrected chi connectivity index (χ0v) is 37.6. The van der Waals surface area contributed by atoms with Crippen LogP contribution in [0.25, 0.3) is 0 Å². The van der Waals surface area contributed by atoms with Crippen LogP contribution in [0.15, 0.2) is 46.4 Å². The Labute approximate surface area is 347 Å². The minimum Gasteiger partial charge on any atom is -0.252 e. The van der Waals surface area contributed by atoms with Crippen molar-refractivity contribution in [2.24, 2.45) is 9.98 Å². The van der Waals surface area contributed by atoms with Crippen LogP contribution in [-0.4, -0.2) is 11.4 Å². The van der Waals surface area contributed by atoms with Crippen LogP contribution in [0.3, 0.4) is 0 Å². The molecule has 0 saturated carbocycles. The molecule has 0 radical (unpaired) electrons. The molecule has 0 saturated heterocycles. The van der Waals surface area contributed by atoms with Crippen LogP contribution in [0.1, 0.15) is 237 Å². The van der Waals surface area contributed by atoms with Gasteiger partial charge in [-0.15, -0.1) is 0 Å². The van der Waals surface area contributed by atoms with Crippen LogP contribution in [0, 0.1) is 0 Å². The zero-order valence-electron chi connectivity index (χ0n) is 36.6. The van der Waals surface area contributed by atoms with E-state index in [0.717, 1.165) is 49.9 Å². The van der Waals surface area contributed by atoms with Gasteiger partial charge in [0.15, 0.2) is 0 Å². The Morgan fingerprint density at radius 2 is 0.611 bits per heavy atom. The Kier molecular flexibility index (Phi) is 32.1. The summed E-state index contributed by atoms with van der Waals surface area (Å²) in [7, 11) is 0. The average Bonchev–Trinajstić information content (AvgIpc) is 3.15. The first kappa shape index (κ1) is 50.3. The normalized spacial score (nSPS) is 12.0. The van der Waals surface area contributed by atoms with Crippen molar-refractivity contribution in [3.05, 3.63) is 58.7 Å². The molecular weight excluding hydrogens is 699 g/mol. The minimum atomic E-state index is 0. The fraction of sp³-hybridized carbons (Fsp3) is 0.725. The largest absolute Gasteiger partial charge is 0.252 e. The van der Waals surface area contributed by atoms with Crippen molar-refractivity contribution in [2.45, 2.75) is 241 Å². The molecular formula is C51H86N2Ni. The van der Waals surface area contributed by atoms with E-state index in [-0.39, 0.29) is 16.5 Å². The van der Waals surface area contributed by atoms with E-state index >= 15 is 0 Å². The molecule has 0 unspecified atom stereocenters. The molecule has 310 valence electrons. The van der Waals surface area contributed by atoms with Crippen LogP contribution in [0.5, 0.6) is 0 Å². The van der Waals surface area contributed by atoms with Gasteiger partial charge < -0.3 is 0 Å². The summed E-state index contributed by atoms with van der Waals surface area (Å²) in [4.78, 5) is 11.0. The molecule has 0 aliphatic heterocycles. The van der Waals surface area contributed by atoms with Crippen LogP contribution < -0.4 is 0 Å². The van der Waals surface area contributed by atoms with Gasteiger partial charge in [-0.05, 0) is 117 Å². The number of aliphatic imine (C=N–C) groups is 2. The summed E-state index contributed by atoms with van der Waals surface area (Å²) in [6.45, 7) is 13.8. The average molecular weight is 786 g/mol. The molecule has 0 fully saturated rings. The first-order valence-corrected chi connectivity index (χ1v) is 23.5. The summed E-state index contributed by atoms with van der Waals surface area (Å²) < 4.78 is 0. The summed E-state index contributed by atoms with van der Waals surface area (Å²) in [5.74, 6) is 0. The second kappa shape index (κ2) is 34.5. The molecule has 0 atom stereocenters. The predicted octanol–water partition coefficient (Wildman–Crippen LogP) is 17.4. The molecule has 2 aromatic rings. The molecule has 2 nitrogen and oxygen atoms in total. The third-order valence-electron chi connectivity index (χ3n) is 11.1. The first-order valence-electron chi connectivity index (χ1n) is 23.5. The second-order valence-electron chi connectivity index (χ2n) is 16.3. The molecule has 0 aliphatic carbocycles. The van der Waals surface area contributed by atoms with Gasteiger partial charge in [-0.1, -0.05) is 182 Å². The number of benzene rings is 2. The van der Waals surface area contributed by atoms with Gasteiger partial charge in [0.05, 0.1) is 22.8 Å². The molecule has 2 rings (SSSR count). The van der Waals surface area contributed by atoms with Crippen LogP contribution >= 0.6 is 0 Å². The standard InChI is InChI=1S/C51H86N2.Ni/c1-7-13-18-19-20-21-22-23-24-25-26-27-32-37-51(53-49-42-46(35-30-16-10-4)39-47(43-49)36-31-17-11-5)50(12-6)52-48-40-44(33-28-14-8-2)38-45(41-48)34-29-15-9-3;/h38-43H,7-37H2,1-6H3;. The van der Waals surface area contributed by atoms with Crippen molar-refractivity contribution >= 4 is 22.8 Å². The predicted molar refractivity (Wildman–Crippen MR) is 241 cm³/mol. The molecule has 0 amide bonds. The van der Waals surface area contributed by atoms with Crippen LogP contribution in [-0.2, 0) is 42.2 Å². The summed E-state index contributed by atoms with van der Waals surface area (Å²) in [5.41, 5.74) is 10.6. The van der Waals surface area contributed by atoms with Gasteiger partial charge >= 0.3 is 0 Å².